The van der Waals surface area contributed by atoms with E-state index in [1.165, 1.54) is 0 Å². The number of halogens is 1. The van der Waals surface area contributed by atoms with Crippen LogP contribution in [0.25, 0.3) is 0 Å². The van der Waals surface area contributed by atoms with Gasteiger partial charge >= 0.3 is 14.8 Å². The maximum atomic E-state index is 11.2. The van der Waals surface area contributed by atoms with E-state index in [1.807, 2.05) is 0 Å². The number of ether oxygens (including phenoxy) is 1. The zero-order valence-electron chi connectivity index (χ0n) is 10.3. The van der Waals surface area contributed by atoms with Crippen LogP contribution < -0.4 is 0 Å². The van der Waals surface area contributed by atoms with Gasteiger partial charge < -0.3 is 19.1 Å². The number of unbranched alkanes of at least 4 members (excludes halogenated alkanes) is 3. The molecule has 0 bridgehead atoms. The van der Waals surface area contributed by atoms with Gasteiger partial charge in [0.25, 0.3) is 0 Å². The SMILES string of the molecule is CC(C)(Cl)C(=O)OCCCCCC[Si](O)(O)O. The third-order valence-electron chi connectivity index (χ3n) is 2.13. The Bertz CT molecular complexity index is 234. The van der Waals surface area contributed by atoms with Crippen LogP contribution in [0.3, 0.4) is 0 Å². The first kappa shape index (κ1) is 16.9. The van der Waals surface area contributed by atoms with Crippen molar-refractivity contribution in [2.24, 2.45) is 0 Å². The maximum Gasteiger partial charge on any atom is 0.492 e. The van der Waals surface area contributed by atoms with Crippen molar-refractivity contribution < 1.29 is 23.9 Å². The predicted molar refractivity (Wildman–Crippen MR) is 66.6 cm³/mol. The van der Waals surface area contributed by atoms with Crippen molar-refractivity contribution >= 4 is 26.4 Å². The molecule has 0 heterocycles. The van der Waals surface area contributed by atoms with Crippen molar-refractivity contribution in [2.45, 2.75) is 50.4 Å². The topological polar surface area (TPSA) is 87.0 Å². The Morgan fingerprint density at radius 1 is 1.18 bits per heavy atom. The highest BCUT2D eigenvalue weighted by Gasteiger charge is 2.26. The summed E-state index contributed by atoms with van der Waals surface area (Å²) in [6.45, 7) is 3.46. The molecule has 0 aliphatic heterocycles. The average molecular weight is 285 g/mol. The zero-order valence-corrected chi connectivity index (χ0v) is 12.0. The fourth-order valence-electron chi connectivity index (χ4n) is 1.15. The lowest BCUT2D eigenvalue weighted by molar-refractivity contribution is -0.146. The van der Waals surface area contributed by atoms with E-state index in [1.54, 1.807) is 13.8 Å². The minimum Gasteiger partial charge on any atom is -0.464 e. The molecule has 0 fully saturated rings. The van der Waals surface area contributed by atoms with E-state index >= 15 is 0 Å². The molecule has 5 nitrogen and oxygen atoms in total. The van der Waals surface area contributed by atoms with Crippen LogP contribution >= 0.6 is 11.6 Å². The van der Waals surface area contributed by atoms with Crippen molar-refractivity contribution in [1.82, 2.24) is 0 Å². The minimum absolute atomic E-state index is 0.0570. The van der Waals surface area contributed by atoms with Gasteiger partial charge in [-0.3, -0.25) is 4.79 Å². The third-order valence-corrected chi connectivity index (χ3v) is 3.30. The molecule has 0 aliphatic rings. The molecule has 0 radical (unpaired) electrons. The van der Waals surface area contributed by atoms with E-state index in [-0.39, 0.29) is 6.04 Å². The van der Waals surface area contributed by atoms with E-state index < -0.39 is 19.6 Å². The molecule has 0 aliphatic carbocycles. The van der Waals surface area contributed by atoms with Crippen LogP contribution in [0.5, 0.6) is 0 Å². The van der Waals surface area contributed by atoms with Crippen molar-refractivity contribution in [1.29, 1.82) is 0 Å². The van der Waals surface area contributed by atoms with Gasteiger partial charge in [-0.15, -0.1) is 11.6 Å². The molecule has 0 aromatic carbocycles. The first-order valence-electron chi connectivity index (χ1n) is 5.66. The van der Waals surface area contributed by atoms with E-state index in [4.69, 9.17) is 30.7 Å². The van der Waals surface area contributed by atoms with Gasteiger partial charge in [0.2, 0.25) is 0 Å². The second-order valence-corrected chi connectivity index (χ2v) is 7.54. The highest BCUT2D eigenvalue weighted by Crippen LogP contribution is 2.15. The standard InChI is InChI=1S/C10H21ClO5Si/c1-10(2,11)9(12)16-7-5-3-4-6-8-17(13,14)15/h13-15H,3-8H2,1-2H3. The lowest BCUT2D eigenvalue weighted by Gasteiger charge is -2.14. The van der Waals surface area contributed by atoms with Crippen LogP contribution in [-0.4, -0.2) is 40.6 Å². The Morgan fingerprint density at radius 2 is 1.71 bits per heavy atom. The van der Waals surface area contributed by atoms with Gasteiger partial charge in [-0.25, -0.2) is 0 Å². The minimum atomic E-state index is -3.87. The van der Waals surface area contributed by atoms with E-state index in [0.29, 0.717) is 19.4 Å². The molecule has 0 atom stereocenters. The lowest BCUT2D eigenvalue weighted by Crippen LogP contribution is -2.33. The van der Waals surface area contributed by atoms with Crippen molar-refractivity contribution in [3.05, 3.63) is 0 Å². The summed E-state index contributed by atoms with van der Waals surface area (Å²) in [5, 5.41) is 0. The van der Waals surface area contributed by atoms with Gasteiger partial charge in [0.15, 0.2) is 0 Å². The van der Waals surface area contributed by atoms with Gasteiger partial charge in [-0.2, -0.15) is 0 Å². The van der Waals surface area contributed by atoms with Crippen LogP contribution in [0.1, 0.15) is 39.5 Å². The van der Waals surface area contributed by atoms with Crippen LogP contribution in [0.2, 0.25) is 6.04 Å². The highest BCUT2D eigenvalue weighted by molar-refractivity contribution is 6.56. The molecule has 0 spiro atoms. The summed E-state index contributed by atoms with van der Waals surface area (Å²) in [6.07, 6.45) is 2.83. The summed E-state index contributed by atoms with van der Waals surface area (Å²) in [6, 6.07) is 0.0570. The Hall–Kier alpha value is -0.143. The second-order valence-electron chi connectivity index (χ2n) is 4.55. The average Bonchev–Trinajstić information content (AvgIpc) is 2.12. The molecule has 0 unspecified atom stereocenters. The molecule has 7 heteroatoms. The summed E-state index contributed by atoms with van der Waals surface area (Å²) in [4.78, 5) is 36.5. The maximum absolute atomic E-state index is 11.2. The number of hydrogen-bond donors (Lipinski definition) is 3. The summed E-state index contributed by atoms with van der Waals surface area (Å²) in [5.41, 5.74) is 0. The number of rotatable bonds is 8. The Labute approximate surface area is 108 Å². The van der Waals surface area contributed by atoms with Crippen LogP contribution in [0.4, 0.5) is 0 Å². The Balaban J connectivity index is 3.39. The molecule has 3 N–H and O–H groups in total. The number of alkyl halides is 1. The normalized spacial score (nSPS) is 12.6. The van der Waals surface area contributed by atoms with Gasteiger partial charge in [-0.1, -0.05) is 12.8 Å². The molecule has 0 aromatic rings. The zero-order chi connectivity index (χ0) is 13.5. The van der Waals surface area contributed by atoms with E-state index in [0.717, 1.165) is 12.8 Å². The molecular formula is C10H21ClO5Si. The third kappa shape index (κ3) is 10.7. The molecule has 0 saturated carbocycles. The molecule has 17 heavy (non-hydrogen) atoms. The predicted octanol–water partition coefficient (Wildman–Crippen LogP) is 1.02. The van der Waals surface area contributed by atoms with Gasteiger partial charge in [-0.05, 0) is 26.7 Å². The molecule has 0 aromatic heterocycles. The van der Waals surface area contributed by atoms with Crippen LogP contribution in [0, 0.1) is 0 Å². The Morgan fingerprint density at radius 3 is 2.18 bits per heavy atom. The van der Waals surface area contributed by atoms with Crippen LogP contribution in [-0.2, 0) is 9.53 Å². The van der Waals surface area contributed by atoms with E-state index in [2.05, 4.69) is 0 Å². The highest BCUT2D eigenvalue weighted by atomic mass is 35.5. The van der Waals surface area contributed by atoms with Gasteiger partial charge in [0.05, 0.1) is 6.61 Å². The van der Waals surface area contributed by atoms with Crippen LogP contribution in [0.15, 0.2) is 0 Å². The monoisotopic (exact) mass is 284 g/mol. The Kier molecular flexibility index (Phi) is 7.26. The molecule has 0 saturated heterocycles. The fourth-order valence-corrected chi connectivity index (χ4v) is 1.93. The number of carbonyl (C=O) groups excluding carboxylic acids is 1. The number of hydrogen-bond acceptors (Lipinski definition) is 5. The van der Waals surface area contributed by atoms with Gasteiger partial charge in [0, 0.05) is 6.04 Å². The lowest BCUT2D eigenvalue weighted by atomic mass is 10.2. The smallest absolute Gasteiger partial charge is 0.464 e. The molecule has 0 rings (SSSR count). The molecule has 0 amide bonds. The van der Waals surface area contributed by atoms with Gasteiger partial charge in [0.1, 0.15) is 4.87 Å². The first-order chi connectivity index (χ1) is 7.63. The summed E-state index contributed by atoms with van der Waals surface area (Å²) in [7, 11) is -3.87. The van der Waals surface area contributed by atoms with Crippen molar-refractivity contribution in [3.8, 4) is 0 Å². The molecule has 102 valence electrons. The fraction of sp³-hybridized carbons (Fsp3) is 0.900. The van der Waals surface area contributed by atoms with Crippen molar-refractivity contribution in [3.63, 3.8) is 0 Å². The van der Waals surface area contributed by atoms with E-state index in [9.17, 15) is 4.79 Å². The van der Waals surface area contributed by atoms with Crippen molar-refractivity contribution in [2.75, 3.05) is 6.61 Å². The summed E-state index contributed by atoms with van der Waals surface area (Å²) < 4.78 is 4.94. The largest absolute Gasteiger partial charge is 0.492 e. The number of carbonyl (C=O) groups is 1. The summed E-state index contributed by atoms with van der Waals surface area (Å²) >= 11 is 5.74. The first-order valence-corrected chi connectivity index (χ1v) is 8.09. The summed E-state index contributed by atoms with van der Waals surface area (Å²) in [5.74, 6) is -0.438. The number of esters is 1. The quantitative estimate of drug-likeness (QED) is 0.268. The second kappa shape index (κ2) is 7.33. The molecular weight excluding hydrogens is 264 g/mol.